The van der Waals surface area contributed by atoms with Crippen molar-refractivity contribution in [1.82, 2.24) is 5.32 Å². The third kappa shape index (κ3) is 7.30. The summed E-state index contributed by atoms with van der Waals surface area (Å²) >= 11 is 0. The van der Waals surface area contributed by atoms with Gasteiger partial charge in [0.15, 0.2) is 0 Å². The zero-order chi connectivity index (χ0) is 11.0. The smallest absolute Gasteiger partial charge is 0.0701 e. The molecular weight excluding hydrogens is 178 g/mol. The summed E-state index contributed by atoms with van der Waals surface area (Å²) in [5, 5.41) is 3.49. The van der Waals surface area contributed by atoms with Crippen molar-refractivity contribution in [3.63, 3.8) is 0 Å². The molecule has 0 aliphatic carbocycles. The third-order valence-corrected chi connectivity index (χ3v) is 2.35. The van der Waals surface area contributed by atoms with Crippen molar-refractivity contribution >= 4 is 0 Å². The zero-order valence-electron chi connectivity index (χ0n) is 10.2. The van der Waals surface area contributed by atoms with Crippen LogP contribution in [0.1, 0.15) is 27.7 Å². The molecule has 0 fully saturated rings. The molecule has 0 bridgehead atoms. The van der Waals surface area contributed by atoms with Gasteiger partial charge >= 0.3 is 0 Å². The van der Waals surface area contributed by atoms with Crippen molar-refractivity contribution in [1.29, 1.82) is 0 Å². The summed E-state index contributed by atoms with van der Waals surface area (Å²) in [5.74, 6) is 0.663. The second-order valence-corrected chi connectivity index (χ2v) is 4.17. The first-order chi connectivity index (χ1) is 6.57. The van der Waals surface area contributed by atoms with Gasteiger partial charge < -0.3 is 14.8 Å². The van der Waals surface area contributed by atoms with E-state index in [4.69, 9.17) is 9.47 Å². The minimum atomic E-state index is 0.407. The first-order valence-electron chi connectivity index (χ1n) is 5.40. The maximum atomic E-state index is 5.43. The lowest BCUT2D eigenvalue weighted by molar-refractivity contribution is 0.0588. The van der Waals surface area contributed by atoms with Crippen LogP contribution >= 0.6 is 0 Å². The third-order valence-electron chi connectivity index (χ3n) is 2.35. The molecule has 86 valence electrons. The van der Waals surface area contributed by atoms with Crippen molar-refractivity contribution in [3.05, 3.63) is 0 Å². The Labute approximate surface area is 88.2 Å². The summed E-state index contributed by atoms with van der Waals surface area (Å²) < 4.78 is 10.3. The summed E-state index contributed by atoms with van der Waals surface area (Å²) in [7, 11) is 1.69. The van der Waals surface area contributed by atoms with Gasteiger partial charge in [0.1, 0.15) is 0 Å². The van der Waals surface area contributed by atoms with Crippen molar-refractivity contribution in [2.75, 3.05) is 26.9 Å². The molecular formula is C11H25NO2. The Morgan fingerprint density at radius 2 is 1.71 bits per heavy atom. The number of hydrogen-bond donors (Lipinski definition) is 1. The molecule has 0 aromatic rings. The van der Waals surface area contributed by atoms with Gasteiger partial charge in [-0.1, -0.05) is 13.8 Å². The van der Waals surface area contributed by atoms with E-state index in [2.05, 4.69) is 33.0 Å². The lowest BCUT2D eigenvalue weighted by Crippen LogP contribution is -2.40. The number of methoxy groups -OCH3 is 1. The van der Waals surface area contributed by atoms with Gasteiger partial charge in [-0.15, -0.1) is 0 Å². The number of nitrogens with one attached hydrogen (secondary N) is 1. The highest BCUT2D eigenvalue weighted by atomic mass is 16.5. The molecule has 0 saturated carbocycles. The van der Waals surface area contributed by atoms with Crippen LogP contribution in [0.15, 0.2) is 0 Å². The second kappa shape index (κ2) is 8.21. The molecule has 0 heterocycles. The van der Waals surface area contributed by atoms with Crippen LogP contribution in [0.3, 0.4) is 0 Å². The van der Waals surface area contributed by atoms with E-state index in [0.717, 1.165) is 6.61 Å². The standard InChI is InChI=1S/C11H25NO2/c1-9(2)11(4)12-10(3)8-14-7-6-13-5/h9-12H,6-8H2,1-5H3. The van der Waals surface area contributed by atoms with Crippen LogP contribution in [0.4, 0.5) is 0 Å². The summed E-state index contributed by atoms with van der Waals surface area (Å²) in [6.45, 7) is 10.9. The highest BCUT2D eigenvalue weighted by Gasteiger charge is 2.10. The molecule has 0 aliphatic heterocycles. The lowest BCUT2D eigenvalue weighted by Gasteiger charge is -2.22. The van der Waals surface area contributed by atoms with E-state index in [-0.39, 0.29) is 0 Å². The normalized spacial score (nSPS) is 15.9. The van der Waals surface area contributed by atoms with E-state index in [9.17, 15) is 0 Å². The van der Waals surface area contributed by atoms with Gasteiger partial charge in [-0.05, 0) is 19.8 Å². The fourth-order valence-electron chi connectivity index (χ4n) is 1.09. The van der Waals surface area contributed by atoms with E-state index < -0.39 is 0 Å². The predicted molar refractivity (Wildman–Crippen MR) is 59.6 cm³/mol. The van der Waals surface area contributed by atoms with Gasteiger partial charge in [0.2, 0.25) is 0 Å². The van der Waals surface area contributed by atoms with E-state index >= 15 is 0 Å². The van der Waals surface area contributed by atoms with E-state index in [0.29, 0.717) is 31.2 Å². The Morgan fingerprint density at radius 3 is 2.21 bits per heavy atom. The molecule has 1 N–H and O–H groups in total. The SMILES string of the molecule is COCCOCC(C)NC(C)C(C)C. The summed E-state index contributed by atoms with van der Waals surface area (Å²) in [4.78, 5) is 0. The van der Waals surface area contributed by atoms with Crippen molar-refractivity contribution in [3.8, 4) is 0 Å². The van der Waals surface area contributed by atoms with Crippen LogP contribution in [-0.4, -0.2) is 39.0 Å². The summed E-state index contributed by atoms with van der Waals surface area (Å²) in [6.07, 6.45) is 0. The summed E-state index contributed by atoms with van der Waals surface area (Å²) in [6, 6.07) is 0.945. The highest BCUT2D eigenvalue weighted by molar-refractivity contribution is 4.69. The average Bonchev–Trinajstić information content (AvgIpc) is 2.12. The van der Waals surface area contributed by atoms with E-state index in [1.807, 2.05) is 0 Å². The van der Waals surface area contributed by atoms with Crippen molar-refractivity contribution < 1.29 is 9.47 Å². The maximum Gasteiger partial charge on any atom is 0.0701 e. The molecule has 3 heteroatoms. The number of ether oxygens (including phenoxy) is 2. The summed E-state index contributed by atoms with van der Waals surface area (Å²) in [5.41, 5.74) is 0. The Balaban J connectivity index is 3.40. The van der Waals surface area contributed by atoms with Crippen molar-refractivity contribution in [2.24, 2.45) is 5.92 Å². The average molecular weight is 203 g/mol. The fourth-order valence-corrected chi connectivity index (χ4v) is 1.09. The number of rotatable bonds is 8. The van der Waals surface area contributed by atoms with E-state index in [1.54, 1.807) is 7.11 Å². The van der Waals surface area contributed by atoms with Crippen LogP contribution in [0.25, 0.3) is 0 Å². The molecule has 0 saturated heterocycles. The van der Waals surface area contributed by atoms with Gasteiger partial charge in [-0.2, -0.15) is 0 Å². The van der Waals surface area contributed by atoms with E-state index in [1.165, 1.54) is 0 Å². The van der Waals surface area contributed by atoms with Crippen LogP contribution in [-0.2, 0) is 9.47 Å². The van der Waals surface area contributed by atoms with Crippen LogP contribution in [0.5, 0.6) is 0 Å². The monoisotopic (exact) mass is 203 g/mol. The molecule has 0 radical (unpaired) electrons. The molecule has 2 atom stereocenters. The maximum absolute atomic E-state index is 5.43. The van der Waals surface area contributed by atoms with Crippen LogP contribution in [0.2, 0.25) is 0 Å². The molecule has 14 heavy (non-hydrogen) atoms. The number of hydrogen-bond acceptors (Lipinski definition) is 3. The molecule has 0 rings (SSSR count). The molecule has 0 aromatic heterocycles. The first kappa shape index (κ1) is 13.9. The largest absolute Gasteiger partial charge is 0.382 e. The van der Waals surface area contributed by atoms with Gasteiger partial charge in [0.25, 0.3) is 0 Å². The second-order valence-electron chi connectivity index (χ2n) is 4.17. The quantitative estimate of drug-likeness (QED) is 0.609. The molecule has 0 amide bonds. The topological polar surface area (TPSA) is 30.5 Å². The molecule has 0 spiro atoms. The fraction of sp³-hybridized carbons (Fsp3) is 1.00. The Bertz CT molecular complexity index is 128. The Morgan fingerprint density at radius 1 is 1.07 bits per heavy atom. The minimum absolute atomic E-state index is 0.407. The Kier molecular flexibility index (Phi) is 8.14. The molecule has 0 aliphatic rings. The van der Waals surface area contributed by atoms with Crippen LogP contribution < -0.4 is 5.32 Å². The highest BCUT2D eigenvalue weighted by Crippen LogP contribution is 2.01. The predicted octanol–water partition coefficient (Wildman–Crippen LogP) is 1.67. The molecule has 3 nitrogen and oxygen atoms in total. The molecule has 2 unspecified atom stereocenters. The minimum Gasteiger partial charge on any atom is -0.382 e. The molecule has 0 aromatic carbocycles. The zero-order valence-corrected chi connectivity index (χ0v) is 10.2. The van der Waals surface area contributed by atoms with Gasteiger partial charge in [0, 0.05) is 19.2 Å². The van der Waals surface area contributed by atoms with Gasteiger partial charge in [-0.25, -0.2) is 0 Å². The Hall–Kier alpha value is -0.120. The lowest BCUT2D eigenvalue weighted by atomic mass is 10.1. The van der Waals surface area contributed by atoms with Crippen LogP contribution in [0, 0.1) is 5.92 Å². The van der Waals surface area contributed by atoms with Gasteiger partial charge in [0.05, 0.1) is 19.8 Å². The van der Waals surface area contributed by atoms with Crippen molar-refractivity contribution in [2.45, 2.75) is 39.8 Å². The first-order valence-corrected chi connectivity index (χ1v) is 5.40. The van der Waals surface area contributed by atoms with Gasteiger partial charge in [-0.3, -0.25) is 0 Å².